The van der Waals surface area contributed by atoms with Crippen LogP contribution in [-0.4, -0.2) is 14.5 Å². The molecule has 0 saturated heterocycles. The molecule has 3 rings (SSSR count). The van der Waals surface area contributed by atoms with Crippen molar-refractivity contribution in [1.29, 1.82) is 0 Å². The molecule has 4 heteroatoms. The number of hydrogen-bond acceptors (Lipinski definition) is 3. The molecular weight excluding hydrogens is 188 g/mol. The molecule has 0 unspecified atom stereocenters. The molecule has 0 spiro atoms. The normalized spacial score (nSPS) is 15.5. The molecule has 0 fully saturated rings. The summed E-state index contributed by atoms with van der Waals surface area (Å²) in [6, 6.07) is 0. The molecule has 0 aliphatic heterocycles. The highest BCUT2D eigenvalue weighted by Gasteiger charge is 2.18. The van der Waals surface area contributed by atoms with Gasteiger partial charge in [-0.25, -0.2) is 9.97 Å². The van der Waals surface area contributed by atoms with Crippen LogP contribution in [0, 0.1) is 0 Å². The van der Waals surface area contributed by atoms with Crippen molar-refractivity contribution in [1.82, 2.24) is 14.5 Å². The van der Waals surface area contributed by atoms with Gasteiger partial charge in [-0.3, -0.25) is 0 Å². The smallest absolute Gasteiger partial charge is 0.151 e. The third-order valence-electron chi connectivity index (χ3n) is 3.16. The lowest BCUT2D eigenvalue weighted by Gasteiger charge is -2.16. The Bertz CT molecular complexity index is 527. The molecule has 1 aliphatic rings. The van der Waals surface area contributed by atoms with Crippen molar-refractivity contribution in [2.24, 2.45) is 7.05 Å². The number of fused-ring (bicyclic) bond motifs is 3. The number of nitrogens with two attached hydrogens (primary N) is 1. The summed E-state index contributed by atoms with van der Waals surface area (Å²) in [5.41, 5.74) is 10.5. The lowest BCUT2D eigenvalue weighted by molar-refractivity contribution is 0.671. The lowest BCUT2D eigenvalue weighted by Crippen LogP contribution is -2.09. The van der Waals surface area contributed by atoms with E-state index in [-0.39, 0.29) is 0 Å². The Morgan fingerprint density at radius 3 is 3.00 bits per heavy atom. The SMILES string of the molecule is Cn1cnc2c(N)nc3c(c21)CCCC3. The highest BCUT2D eigenvalue weighted by molar-refractivity contribution is 5.88. The van der Waals surface area contributed by atoms with Gasteiger partial charge >= 0.3 is 0 Å². The zero-order valence-corrected chi connectivity index (χ0v) is 8.82. The van der Waals surface area contributed by atoms with Crippen LogP contribution in [0.25, 0.3) is 11.0 Å². The number of rotatable bonds is 0. The standard InChI is InChI=1S/C11H14N4/c1-15-6-13-9-10(15)7-4-2-3-5-8(7)14-11(9)12/h6H,2-5H2,1H3,(H2,12,14). The first-order valence-electron chi connectivity index (χ1n) is 5.35. The Morgan fingerprint density at radius 1 is 1.33 bits per heavy atom. The fourth-order valence-corrected chi connectivity index (χ4v) is 2.44. The largest absolute Gasteiger partial charge is 0.382 e. The second kappa shape index (κ2) is 2.95. The highest BCUT2D eigenvalue weighted by Crippen LogP contribution is 2.29. The fourth-order valence-electron chi connectivity index (χ4n) is 2.44. The van der Waals surface area contributed by atoms with Gasteiger partial charge in [0, 0.05) is 12.7 Å². The second-order valence-electron chi connectivity index (χ2n) is 4.18. The predicted molar refractivity (Wildman–Crippen MR) is 59.6 cm³/mol. The van der Waals surface area contributed by atoms with Gasteiger partial charge in [-0.05, 0) is 31.2 Å². The molecule has 2 aromatic heterocycles. The molecule has 2 aromatic rings. The first kappa shape index (κ1) is 8.71. The lowest BCUT2D eigenvalue weighted by atomic mass is 9.95. The van der Waals surface area contributed by atoms with Gasteiger partial charge in [0.1, 0.15) is 5.52 Å². The van der Waals surface area contributed by atoms with E-state index in [0.29, 0.717) is 5.82 Å². The van der Waals surface area contributed by atoms with Crippen LogP contribution in [-0.2, 0) is 19.9 Å². The fraction of sp³-hybridized carbons (Fsp3) is 0.455. The molecule has 0 saturated carbocycles. The summed E-state index contributed by atoms with van der Waals surface area (Å²) >= 11 is 0. The van der Waals surface area contributed by atoms with Crippen LogP contribution in [0.2, 0.25) is 0 Å². The molecular formula is C11H14N4. The molecule has 0 aromatic carbocycles. The molecule has 0 radical (unpaired) electrons. The van der Waals surface area contributed by atoms with Gasteiger partial charge in [-0.15, -0.1) is 0 Å². The van der Waals surface area contributed by atoms with Crippen LogP contribution in [0.3, 0.4) is 0 Å². The second-order valence-corrected chi connectivity index (χ2v) is 4.18. The van der Waals surface area contributed by atoms with Crippen LogP contribution in [0.15, 0.2) is 6.33 Å². The maximum absolute atomic E-state index is 5.91. The van der Waals surface area contributed by atoms with Gasteiger partial charge in [0.2, 0.25) is 0 Å². The van der Waals surface area contributed by atoms with Crippen LogP contribution in [0.4, 0.5) is 5.82 Å². The summed E-state index contributed by atoms with van der Waals surface area (Å²) in [5, 5.41) is 0. The van der Waals surface area contributed by atoms with Crippen LogP contribution < -0.4 is 5.73 Å². The third-order valence-corrected chi connectivity index (χ3v) is 3.16. The predicted octanol–water partition coefficient (Wildman–Crippen LogP) is 1.43. The van der Waals surface area contributed by atoms with Crippen LogP contribution >= 0.6 is 0 Å². The van der Waals surface area contributed by atoms with E-state index < -0.39 is 0 Å². The van der Waals surface area contributed by atoms with Crippen molar-refractivity contribution in [2.45, 2.75) is 25.7 Å². The van der Waals surface area contributed by atoms with E-state index in [2.05, 4.69) is 14.5 Å². The van der Waals surface area contributed by atoms with Crippen molar-refractivity contribution in [3.63, 3.8) is 0 Å². The van der Waals surface area contributed by atoms with Crippen molar-refractivity contribution in [2.75, 3.05) is 5.73 Å². The molecule has 1 aliphatic carbocycles. The molecule has 78 valence electrons. The van der Waals surface area contributed by atoms with E-state index >= 15 is 0 Å². The van der Waals surface area contributed by atoms with Gasteiger partial charge in [-0.1, -0.05) is 0 Å². The Hall–Kier alpha value is -1.58. The number of aryl methyl sites for hydroxylation is 3. The van der Waals surface area contributed by atoms with Crippen molar-refractivity contribution < 1.29 is 0 Å². The number of nitrogen functional groups attached to an aromatic ring is 1. The molecule has 4 nitrogen and oxygen atoms in total. The molecule has 2 N–H and O–H groups in total. The zero-order chi connectivity index (χ0) is 10.4. The van der Waals surface area contributed by atoms with E-state index in [4.69, 9.17) is 5.73 Å². The molecule has 15 heavy (non-hydrogen) atoms. The molecule has 0 amide bonds. The summed E-state index contributed by atoms with van der Waals surface area (Å²) < 4.78 is 2.05. The minimum atomic E-state index is 0.575. The van der Waals surface area contributed by atoms with E-state index in [9.17, 15) is 0 Å². The van der Waals surface area contributed by atoms with Crippen LogP contribution in [0.5, 0.6) is 0 Å². The van der Waals surface area contributed by atoms with Gasteiger partial charge in [-0.2, -0.15) is 0 Å². The van der Waals surface area contributed by atoms with Crippen molar-refractivity contribution in [3.05, 3.63) is 17.6 Å². The summed E-state index contributed by atoms with van der Waals surface area (Å²) in [6.45, 7) is 0. The maximum Gasteiger partial charge on any atom is 0.151 e. The molecule has 2 heterocycles. The summed E-state index contributed by atoms with van der Waals surface area (Å²) in [6.07, 6.45) is 6.46. The molecule has 0 atom stereocenters. The average Bonchev–Trinajstić information content (AvgIpc) is 2.62. The quantitative estimate of drug-likeness (QED) is 0.703. The van der Waals surface area contributed by atoms with Gasteiger partial charge < -0.3 is 10.3 Å². The first-order chi connectivity index (χ1) is 7.27. The zero-order valence-electron chi connectivity index (χ0n) is 8.82. The Balaban J connectivity index is 2.42. The minimum absolute atomic E-state index is 0.575. The monoisotopic (exact) mass is 202 g/mol. The Labute approximate surface area is 88.1 Å². The van der Waals surface area contributed by atoms with E-state index in [1.165, 1.54) is 29.6 Å². The van der Waals surface area contributed by atoms with Gasteiger partial charge in [0.25, 0.3) is 0 Å². The highest BCUT2D eigenvalue weighted by atomic mass is 15.0. The number of aromatic nitrogens is 3. The third kappa shape index (κ3) is 1.14. The maximum atomic E-state index is 5.91. The summed E-state index contributed by atoms with van der Waals surface area (Å²) in [7, 11) is 2.02. The van der Waals surface area contributed by atoms with Crippen LogP contribution in [0.1, 0.15) is 24.1 Å². The number of imidazole rings is 1. The Kier molecular flexibility index (Phi) is 1.71. The number of nitrogens with zero attached hydrogens (tertiary/aromatic N) is 3. The minimum Gasteiger partial charge on any atom is -0.382 e. The first-order valence-corrected chi connectivity index (χ1v) is 5.35. The van der Waals surface area contributed by atoms with Crippen molar-refractivity contribution >= 4 is 16.9 Å². The van der Waals surface area contributed by atoms with E-state index in [1.54, 1.807) is 0 Å². The van der Waals surface area contributed by atoms with E-state index in [0.717, 1.165) is 18.4 Å². The summed E-state index contributed by atoms with van der Waals surface area (Å²) in [5.74, 6) is 0.575. The van der Waals surface area contributed by atoms with Gasteiger partial charge in [0.15, 0.2) is 5.82 Å². The topological polar surface area (TPSA) is 56.7 Å². The van der Waals surface area contributed by atoms with E-state index in [1.807, 2.05) is 13.4 Å². The number of pyridine rings is 1. The number of anilines is 1. The molecule has 0 bridgehead atoms. The van der Waals surface area contributed by atoms with Crippen molar-refractivity contribution in [3.8, 4) is 0 Å². The van der Waals surface area contributed by atoms with Gasteiger partial charge in [0.05, 0.1) is 11.8 Å². The summed E-state index contributed by atoms with van der Waals surface area (Å²) in [4.78, 5) is 8.76. The number of hydrogen-bond donors (Lipinski definition) is 1. The Morgan fingerprint density at radius 2 is 2.13 bits per heavy atom. The average molecular weight is 202 g/mol.